The first kappa shape index (κ1) is 17.2. The largest absolute Gasteiger partial charge is 0.434 e. The summed E-state index contributed by atoms with van der Waals surface area (Å²) in [5.41, 5.74) is -0.883. The molecule has 1 atom stereocenters. The number of hydrogen-bond donors (Lipinski definition) is 1. The SMILES string of the molecule is Cn1cc(C(F)(F)F)nc1[C@H]1CCCN(C(=O)c2ccc(=O)[nH]c2)C1. The minimum absolute atomic E-state index is 0.258. The van der Waals surface area contributed by atoms with Gasteiger partial charge >= 0.3 is 6.18 Å². The molecule has 0 saturated carbocycles. The molecule has 1 aliphatic rings. The average molecular weight is 354 g/mol. The first-order valence-corrected chi connectivity index (χ1v) is 7.84. The number of likely N-dealkylation sites (tertiary alicyclic amines) is 1. The average Bonchev–Trinajstić information content (AvgIpc) is 2.97. The minimum Gasteiger partial charge on any atom is -0.338 e. The summed E-state index contributed by atoms with van der Waals surface area (Å²) in [7, 11) is 1.53. The Bertz CT molecular complexity index is 820. The molecule has 1 fully saturated rings. The van der Waals surface area contributed by atoms with Gasteiger partial charge in [-0.1, -0.05) is 0 Å². The maximum atomic E-state index is 12.8. The molecule has 1 saturated heterocycles. The lowest BCUT2D eigenvalue weighted by atomic mass is 9.96. The Hall–Kier alpha value is -2.58. The molecule has 1 N–H and O–H groups in total. The maximum Gasteiger partial charge on any atom is 0.434 e. The number of carbonyl (C=O) groups is 1. The second-order valence-corrected chi connectivity index (χ2v) is 6.12. The number of aromatic nitrogens is 3. The second kappa shape index (κ2) is 6.38. The standard InChI is InChI=1S/C16H17F3N4O2/c1-22-9-12(16(17,18)19)21-14(22)11-3-2-6-23(8-11)15(25)10-4-5-13(24)20-7-10/h4-5,7,9,11H,2-3,6,8H2,1H3,(H,20,24)/t11-/m0/s1. The van der Waals surface area contributed by atoms with Crippen molar-refractivity contribution < 1.29 is 18.0 Å². The summed E-state index contributed by atoms with van der Waals surface area (Å²) in [6.45, 7) is 0.811. The van der Waals surface area contributed by atoms with E-state index in [1.165, 1.54) is 29.9 Å². The summed E-state index contributed by atoms with van der Waals surface area (Å²) < 4.78 is 39.9. The van der Waals surface area contributed by atoms with E-state index in [1.807, 2.05) is 0 Å². The van der Waals surface area contributed by atoms with Gasteiger partial charge in [0.25, 0.3) is 5.91 Å². The molecule has 2 aromatic rings. The molecule has 3 rings (SSSR count). The van der Waals surface area contributed by atoms with Crippen LogP contribution in [0.2, 0.25) is 0 Å². The Balaban J connectivity index is 1.79. The Kier molecular flexibility index (Phi) is 4.40. The molecule has 0 aromatic carbocycles. The zero-order valence-corrected chi connectivity index (χ0v) is 13.5. The molecule has 2 aromatic heterocycles. The van der Waals surface area contributed by atoms with Crippen LogP contribution in [0.1, 0.15) is 40.6 Å². The van der Waals surface area contributed by atoms with Gasteiger partial charge in [-0.15, -0.1) is 0 Å². The van der Waals surface area contributed by atoms with Gasteiger partial charge in [0.2, 0.25) is 5.56 Å². The van der Waals surface area contributed by atoms with E-state index in [9.17, 15) is 22.8 Å². The van der Waals surface area contributed by atoms with E-state index in [-0.39, 0.29) is 17.4 Å². The Labute approximate surface area is 141 Å². The van der Waals surface area contributed by atoms with Crippen molar-refractivity contribution >= 4 is 5.91 Å². The van der Waals surface area contributed by atoms with Crippen LogP contribution in [0, 0.1) is 0 Å². The number of rotatable bonds is 2. The molecule has 134 valence electrons. The third-order valence-electron chi connectivity index (χ3n) is 4.31. The predicted octanol–water partition coefficient (Wildman–Crippen LogP) is 2.15. The van der Waals surface area contributed by atoms with Crippen LogP contribution in [-0.4, -0.2) is 38.4 Å². The van der Waals surface area contributed by atoms with Crippen LogP contribution in [0.25, 0.3) is 0 Å². The van der Waals surface area contributed by atoms with Crippen molar-refractivity contribution in [2.45, 2.75) is 24.9 Å². The molecule has 0 aliphatic carbocycles. The summed E-state index contributed by atoms with van der Waals surface area (Å²) in [6.07, 6.45) is -0.837. The number of halogens is 3. The third kappa shape index (κ3) is 3.59. The number of aryl methyl sites for hydroxylation is 1. The highest BCUT2D eigenvalue weighted by Crippen LogP contribution is 2.32. The van der Waals surface area contributed by atoms with Crippen LogP contribution in [0.15, 0.2) is 29.3 Å². The molecule has 0 bridgehead atoms. The monoisotopic (exact) mass is 354 g/mol. The van der Waals surface area contributed by atoms with Crippen molar-refractivity contribution in [3.63, 3.8) is 0 Å². The van der Waals surface area contributed by atoms with Crippen molar-refractivity contribution in [1.82, 2.24) is 19.4 Å². The molecular weight excluding hydrogens is 337 g/mol. The molecule has 6 nitrogen and oxygen atoms in total. The van der Waals surface area contributed by atoms with E-state index in [1.54, 1.807) is 4.90 Å². The van der Waals surface area contributed by atoms with Crippen LogP contribution in [0.3, 0.4) is 0 Å². The lowest BCUT2D eigenvalue weighted by Gasteiger charge is -2.32. The summed E-state index contributed by atoms with van der Waals surface area (Å²) in [5.74, 6) is -0.195. The van der Waals surface area contributed by atoms with E-state index in [4.69, 9.17) is 0 Å². The number of aromatic amines is 1. The zero-order chi connectivity index (χ0) is 18.2. The highest BCUT2D eigenvalue weighted by Gasteiger charge is 2.36. The van der Waals surface area contributed by atoms with Gasteiger partial charge in [-0.2, -0.15) is 13.2 Å². The van der Waals surface area contributed by atoms with Gasteiger partial charge in [0.1, 0.15) is 5.82 Å². The number of alkyl halides is 3. The second-order valence-electron chi connectivity index (χ2n) is 6.12. The lowest BCUT2D eigenvalue weighted by Crippen LogP contribution is -2.39. The molecule has 0 radical (unpaired) electrons. The van der Waals surface area contributed by atoms with Crippen LogP contribution in [0.5, 0.6) is 0 Å². The van der Waals surface area contributed by atoms with E-state index in [2.05, 4.69) is 9.97 Å². The van der Waals surface area contributed by atoms with Crippen molar-refractivity contribution in [3.8, 4) is 0 Å². The summed E-state index contributed by atoms with van der Waals surface area (Å²) in [6, 6.07) is 2.70. The number of carbonyl (C=O) groups excluding carboxylic acids is 1. The Morgan fingerprint density at radius 1 is 1.36 bits per heavy atom. The predicted molar refractivity (Wildman–Crippen MR) is 83.2 cm³/mol. The smallest absolute Gasteiger partial charge is 0.338 e. The minimum atomic E-state index is -4.49. The molecule has 1 aliphatic heterocycles. The summed E-state index contributed by atoms with van der Waals surface area (Å²) in [4.78, 5) is 31.4. The molecule has 9 heteroatoms. The molecule has 3 heterocycles. The van der Waals surface area contributed by atoms with Crippen molar-refractivity contribution in [2.75, 3.05) is 13.1 Å². The highest BCUT2D eigenvalue weighted by molar-refractivity contribution is 5.93. The van der Waals surface area contributed by atoms with Gasteiger partial charge in [-0.3, -0.25) is 9.59 Å². The fourth-order valence-electron chi connectivity index (χ4n) is 3.10. The number of piperidine rings is 1. The van der Waals surface area contributed by atoms with Crippen LogP contribution in [0.4, 0.5) is 13.2 Å². The van der Waals surface area contributed by atoms with Gasteiger partial charge < -0.3 is 14.5 Å². The quantitative estimate of drug-likeness (QED) is 0.898. The number of nitrogens with one attached hydrogen (secondary N) is 1. The third-order valence-corrected chi connectivity index (χ3v) is 4.31. The summed E-state index contributed by atoms with van der Waals surface area (Å²) >= 11 is 0. The fraction of sp³-hybridized carbons (Fsp3) is 0.438. The zero-order valence-electron chi connectivity index (χ0n) is 13.5. The number of amides is 1. The molecular formula is C16H17F3N4O2. The number of H-pyrrole nitrogens is 1. The number of nitrogens with zero attached hydrogens (tertiary/aromatic N) is 3. The van der Waals surface area contributed by atoms with Crippen LogP contribution in [-0.2, 0) is 13.2 Å². The van der Waals surface area contributed by atoms with Crippen molar-refractivity contribution in [3.05, 3.63) is 52.0 Å². The van der Waals surface area contributed by atoms with Crippen LogP contribution < -0.4 is 5.56 Å². The number of hydrogen-bond acceptors (Lipinski definition) is 3. The molecule has 25 heavy (non-hydrogen) atoms. The topological polar surface area (TPSA) is 71.0 Å². The van der Waals surface area contributed by atoms with Gasteiger partial charge in [0.05, 0.1) is 5.56 Å². The lowest BCUT2D eigenvalue weighted by molar-refractivity contribution is -0.141. The molecule has 0 unspecified atom stereocenters. The number of imidazole rings is 1. The van der Waals surface area contributed by atoms with E-state index in [0.29, 0.717) is 37.3 Å². The molecule has 0 spiro atoms. The summed E-state index contributed by atoms with van der Waals surface area (Å²) in [5, 5.41) is 0. The van der Waals surface area contributed by atoms with Crippen LogP contribution >= 0.6 is 0 Å². The Morgan fingerprint density at radius 2 is 2.12 bits per heavy atom. The maximum absolute atomic E-state index is 12.8. The van der Waals surface area contributed by atoms with Gasteiger partial charge in [0, 0.05) is 44.5 Å². The van der Waals surface area contributed by atoms with E-state index < -0.39 is 11.9 Å². The first-order valence-electron chi connectivity index (χ1n) is 7.84. The van der Waals surface area contributed by atoms with Gasteiger partial charge in [-0.05, 0) is 18.9 Å². The fourth-order valence-corrected chi connectivity index (χ4v) is 3.10. The van der Waals surface area contributed by atoms with E-state index in [0.717, 1.165) is 6.20 Å². The van der Waals surface area contributed by atoms with Crippen molar-refractivity contribution in [1.29, 1.82) is 0 Å². The van der Waals surface area contributed by atoms with Gasteiger partial charge in [0.15, 0.2) is 5.69 Å². The first-order chi connectivity index (χ1) is 11.8. The normalized spacial score (nSPS) is 18.4. The molecule has 1 amide bonds. The van der Waals surface area contributed by atoms with Crippen molar-refractivity contribution in [2.24, 2.45) is 7.05 Å². The highest BCUT2D eigenvalue weighted by atomic mass is 19.4. The number of pyridine rings is 1. The van der Waals surface area contributed by atoms with E-state index >= 15 is 0 Å². The Morgan fingerprint density at radius 3 is 2.72 bits per heavy atom. The van der Waals surface area contributed by atoms with Gasteiger partial charge in [-0.25, -0.2) is 4.98 Å².